The number of hydrogen-bond donors (Lipinski definition) is 1. The molecule has 1 fully saturated rings. The van der Waals surface area contributed by atoms with E-state index < -0.39 is 0 Å². The van der Waals surface area contributed by atoms with Crippen molar-refractivity contribution in [3.05, 3.63) is 48.0 Å². The number of hydrogen-bond acceptors (Lipinski definition) is 6. The van der Waals surface area contributed by atoms with Crippen LogP contribution in [0.2, 0.25) is 0 Å². The van der Waals surface area contributed by atoms with Gasteiger partial charge < -0.3 is 24.4 Å². The number of pyridine rings is 1. The van der Waals surface area contributed by atoms with E-state index in [1.54, 1.807) is 29.3 Å². The van der Waals surface area contributed by atoms with Gasteiger partial charge in [-0.2, -0.15) is 0 Å². The van der Waals surface area contributed by atoms with Gasteiger partial charge in [-0.3, -0.25) is 9.59 Å². The first-order valence-electron chi connectivity index (χ1n) is 9.51. The summed E-state index contributed by atoms with van der Waals surface area (Å²) in [6, 6.07) is 6.92. The molecule has 0 aromatic carbocycles. The van der Waals surface area contributed by atoms with Crippen LogP contribution in [0.25, 0.3) is 0 Å². The Kier molecular flexibility index (Phi) is 6.65. The van der Waals surface area contributed by atoms with Crippen molar-refractivity contribution < 1.29 is 14.0 Å². The molecule has 2 aromatic rings. The zero-order valence-electron chi connectivity index (χ0n) is 16.4. The van der Waals surface area contributed by atoms with E-state index in [1.165, 1.54) is 6.26 Å². The first-order valence-corrected chi connectivity index (χ1v) is 9.51. The fourth-order valence-electron chi connectivity index (χ4n) is 3.13. The molecule has 1 saturated heterocycles. The van der Waals surface area contributed by atoms with E-state index in [0.717, 1.165) is 18.8 Å². The molecule has 1 N–H and O–H groups in total. The molecule has 28 heavy (non-hydrogen) atoms. The Morgan fingerprint density at radius 3 is 2.68 bits per heavy atom. The van der Waals surface area contributed by atoms with Crippen LogP contribution in [0, 0.1) is 0 Å². The molecule has 0 bridgehead atoms. The number of amides is 2. The normalized spacial score (nSPS) is 14.4. The molecule has 0 aliphatic carbocycles. The lowest BCUT2D eigenvalue weighted by Gasteiger charge is -2.35. The Morgan fingerprint density at radius 1 is 1.21 bits per heavy atom. The summed E-state index contributed by atoms with van der Waals surface area (Å²) in [6.07, 6.45) is 4.07. The Bertz CT molecular complexity index is 783. The standard InChI is InChI=1S/C20H27N5O3/c1-23(2)9-4-7-22-19(26)16-6-8-21-18(15-16)24-10-12-25(13-11-24)20(27)17-5-3-14-28-17/h3,5-6,8,14-15H,4,7,9-13H2,1-2H3,(H,22,26). The molecule has 2 aromatic heterocycles. The van der Waals surface area contributed by atoms with Crippen molar-refractivity contribution in [3.63, 3.8) is 0 Å². The number of nitrogens with zero attached hydrogens (tertiary/aromatic N) is 4. The first kappa shape index (κ1) is 19.9. The molecule has 0 atom stereocenters. The quantitative estimate of drug-likeness (QED) is 0.724. The summed E-state index contributed by atoms with van der Waals surface area (Å²) in [7, 11) is 4.03. The summed E-state index contributed by atoms with van der Waals surface area (Å²) >= 11 is 0. The summed E-state index contributed by atoms with van der Waals surface area (Å²) < 4.78 is 5.19. The number of nitrogens with one attached hydrogen (secondary N) is 1. The number of piperazine rings is 1. The highest BCUT2D eigenvalue weighted by Crippen LogP contribution is 2.16. The van der Waals surface area contributed by atoms with Crippen molar-refractivity contribution in [1.82, 2.24) is 20.1 Å². The topological polar surface area (TPSA) is 81.9 Å². The lowest BCUT2D eigenvalue weighted by Crippen LogP contribution is -2.49. The van der Waals surface area contributed by atoms with Crippen molar-refractivity contribution >= 4 is 17.6 Å². The van der Waals surface area contributed by atoms with Crippen LogP contribution in [0.1, 0.15) is 27.3 Å². The van der Waals surface area contributed by atoms with E-state index in [1.807, 2.05) is 20.2 Å². The van der Waals surface area contributed by atoms with Gasteiger partial charge in [-0.25, -0.2) is 4.98 Å². The molecular weight excluding hydrogens is 358 g/mol. The molecule has 0 unspecified atom stereocenters. The van der Waals surface area contributed by atoms with Crippen molar-refractivity contribution in [3.8, 4) is 0 Å². The third kappa shape index (κ3) is 5.10. The Hall–Kier alpha value is -2.87. The minimum absolute atomic E-state index is 0.0889. The van der Waals surface area contributed by atoms with Gasteiger partial charge >= 0.3 is 0 Å². The maximum atomic E-state index is 12.4. The molecule has 1 aliphatic rings. The van der Waals surface area contributed by atoms with Crippen LogP contribution < -0.4 is 10.2 Å². The fourth-order valence-corrected chi connectivity index (χ4v) is 3.13. The molecule has 150 valence electrons. The molecule has 8 nitrogen and oxygen atoms in total. The van der Waals surface area contributed by atoms with Gasteiger partial charge in [0.15, 0.2) is 5.76 Å². The highest BCUT2D eigenvalue weighted by Gasteiger charge is 2.24. The minimum atomic E-state index is -0.0940. The second-order valence-electron chi connectivity index (χ2n) is 7.07. The lowest BCUT2D eigenvalue weighted by molar-refractivity contribution is 0.0714. The van der Waals surface area contributed by atoms with Crippen molar-refractivity contribution in [1.29, 1.82) is 0 Å². The van der Waals surface area contributed by atoms with E-state index in [-0.39, 0.29) is 11.8 Å². The number of anilines is 1. The fraction of sp³-hybridized carbons (Fsp3) is 0.450. The Morgan fingerprint density at radius 2 is 2.00 bits per heavy atom. The summed E-state index contributed by atoms with van der Waals surface area (Å²) in [5.41, 5.74) is 0.601. The summed E-state index contributed by atoms with van der Waals surface area (Å²) in [4.78, 5) is 35.1. The zero-order chi connectivity index (χ0) is 19.9. The van der Waals surface area contributed by atoms with Crippen LogP contribution in [-0.4, -0.2) is 80.0 Å². The van der Waals surface area contributed by atoms with Crippen molar-refractivity contribution in [2.75, 3.05) is 58.3 Å². The van der Waals surface area contributed by atoms with Crippen molar-refractivity contribution in [2.24, 2.45) is 0 Å². The third-order valence-corrected chi connectivity index (χ3v) is 4.70. The third-order valence-electron chi connectivity index (χ3n) is 4.70. The maximum Gasteiger partial charge on any atom is 0.289 e. The molecular formula is C20H27N5O3. The van der Waals surface area contributed by atoms with Gasteiger partial charge in [0.25, 0.3) is 11.8 Å². The summed E-state index contributed by atoms with van der Waals surface area (Å²) in [5.74, 6) is 0.933. The van der Waals surface area contributed by atoms with Crippen LogP contribution in [0.15, 0.2) is 41.1 Å². The highest BCUT2D eigenvalue weighted by atomic mass is 16.3. The molecule has 2 amide bonds. The average Bonchev–Trinajstić information content (AvgIpc) is 3.25. The van der Waals surface area contributed by atoms with E-state index >= 15 is 0 Å². The van der Waals surface area contributed by atoms with Crippen molar-refractivity contribution in [2.45, 2.75) is 6.42 Å². The van der Waals surface area contributed by atoms with Crippen LogP contribution >= 0.6 is 0 Å². The Balaban J connectivity index is 1.53. The van der Waals surface area contributed by atoms with E-state index in [9.17, 15) is 9.59 Å². The number of carbonyl (C=O) groups is 2. The van der Waals surface area contributed by atoms with Crippen LogP contribution in [0.4, 0.5) is 5.82 Å². The minimum Gasteiger partial charge on any atom is -0.459 e. The average molecular weight is 385 g/mol. The Labute approximate surface area is 165 Å². The number of furan rings is 1. The van der Waals surface area contributed by atoms with Gasteiger partial charge in [0.05, 0.1) is 6.26 Å². The van der Waals surface area contributed by atoms with Gasteiger partial charge in [0.2, 0.25) is 0 Å². The zero-order valence-corrected chi connectivity index (χ0v) is 16.4. The van der Waals surface area contributed by atoms with Gasteiger partial charge in [-0.05, 0) is 51.3 Å². The molecule has 3 heterocycles. The van der Waals surface area contributed by atoms with Gasteiger partial charge in [-0.1, -0.05) is 0 Å². The molecule has 0 saturated carbocycles. The molecule has 0 radical (unpaired) electrons. The van der Waals surface area contributed by atoms with E-state index in [4.69, 9.17) is 4.42 Å². The SMILES string of the molecule is CN(C)CCCNC(=O)c1ccnc(N2CCN(C(=O)c3ccco3)CC2)c1. The molecule has 1 aliphatic heterocycles. The van der Waals surface area contributed by atoms with Crippen LogP contribution in [0.5, 0.6) is 0 Å². The van der Waals surface area contributed by atoms with Gasteiger partial charge in [-0.15, -0.1) is 0 Å². The molecule has 8 heteroatoms. The van der Waals surface area contributed by atoms with E-state index in [0.29, 0.717) is 44.0 Å². The predicted octanol–water partition coefficient (Wildman–Crippen LogP) is 1.32. The van der Waals surface area contributed by atoms with Gasteiger partial charge in [0.1, 0.15) is 5.82 Å². The predicted molar refractivity (Wildman–Crippen MR) is 107 cm³/mol. The van der Waals surface area contributed by atoms with Gasteiger partial charge in [0, 0.05) is 44.5 Å². The second kappa shape index (κ2) is 9.36. The summed E-state index contributed by atoms with van der Waals surface area (Å²) in [5, 5.41) is 2.95. The number of carbonyl (C=O) groups excluding carboxylic acids is 2. The summed E-state index contributed by atoms with van der Waals surface area (Å²) in [6.45, 7) is 4.07. The second-order valence-corrected chi connectivity index (χ2v) is 7.07. The molecule has 0 spiro atoms. The smallest absolute Gasteiger partial charge is 0.289 e. The monoisotopic (exact) mass is 385 g/mol. The molecule has 3 rings (SSSR count). The first-order chi connectivity index (χ1) is 13.5. The highest BCUT2D eigenvalue weighted by molar-refractivity contribution is 5.94. The number of rotatable bonds is 7. The van der Waals surface area contributed by atoms with E-state index in [2.05, 4.69) is 20.1 Å². The maximum absolute atomic E-state index is 12.4. The lowest BCUT2D eigenvalue weighted by atomic mass is 10.2. The van der Waals surface area contributed by atoms with Crippen LogP contribution in [-0.2, 0) is 0 Å². The number of aromatic nitrogens is 1. The van der Waals surface area contributed by atoms with Crippen LogP contribution in [0.3, 0.4) is 0 Å². The largest absolute Gasteiger partial charge is 0.459 e.